The van der Waals surface area contributed by atoms with Gasteiger partial charge in [-0.2, -0.15) is 12.6 Å². The summed E-state index contributed by atoms with van der Waals surface area (Å²) < 4.78 is 5.58. The Balaban J connectivity index is 1.78. The zero-order valence-electron chi connectivity index (χ0n) is 11.9. The largest absolute Gasteiger partial charge is 0.381 e. The lowest BCUT2D eigenvalue weighted by atomic mass is 9.75. The van der Waals surface area contributed by atoms with Crippen molar-refractivity contribution in [2.75, 3.05) is 39.1 Å². The minimum absolute atomic E-state index is 0.492. The Morgan fingerprint density at radius 1 is 1.22 bits per heavy atom. The van der Waals surface area contributed by atoms with E-state index in [9.17, 15) is 0 Å². The molecule has 1 aliphatic carbocycles. The lowest BCUT2D eigenvalue weighted by Gasteiger charge is -2.40. The Kier molecular flexibility index (Phi) is 5.84. The van der Waals surface area contributed by atoms with Gasteiger partial charge in [-0.25, -0.2) is 0 Å². The van der Waals surface area contributed by atoms with Crippen LogP contribution in [0.4, 0.5) is 0 Å². The molecule has 2 fully saturated rings. The summed E-state index contributed by atoms with van der Waals surface area (Å²) in [4.78, 5) is 2.54. The zero-order valence-corrected chi connectivity index (χ0v) is 12.8. The molecule has 106 valence electrons. The molecule has 0 spiro atoms. The van der Waals surface area contributed by atoms with Crippen LogP contribution in [0.1, 0.15) is 44.9 Å². The fourth-order valence-electron chi connectivity index (χ4n) is 3.70. The van der Waals surface area contributed by atoms with E-state index < -0.39 is 0 Å². The second-order valence-electron chi connectivity index (χ2n) is 6.50. The van der Waals surface area contributed by atoms with E-state index in [0.29, 0.717) is 5.41 Å². The van der Waals surface area contributed by atoms with E-state index >= 15 is 0 Å². The van der Waals surface area contributed by atoms with Crippen molar-refractivity contribution in [3.8, 4) is 0 Å². The third kappa shape index (κ3) is 4.14. The van der Waals surface area contributed by atoms with Crippen LogP contribution in [0.2, 0.25) is 0 Å². The molecule has 1 atom stereocenters. The van der Waals surface area contributed by atoms with Crippen LogP contribution >= 0.6 is 12.6 Å². The molecular weight excluding hydrogens is 242 g/mol. The van der Waals surface area contributed by atoms with Gasteiger partial charge in [-0.1, -0.05) is 19.3 Å². The number of nitrogens with zero attached hydrogens (tertiary/aromatic N) is 1. The minimum Gasteiger partial charge on any atom is -0.381 e. The quantitative estimate of drug-likeness (QED) is 0.771. The molecule has 0 bridgehead atoms. The lowest BCUT2D eigenvalue weighted by molar-refractivity contribution is 0.0339. The normalized spacial score (nSPS) is 28.5. The Bertz CT molecular complexity index is 235. The van der Waals surface area contributed by atoms with Gasteiger partial charge in [-0.3, -0.25) is 0 Å². The smallest absolute Gasteiger partial charge is 0.0506 e. The summed E-state index contributed by atoms with van der Waals surface area (Å²) in [5.41, 5.74) is 0.492. The summed E-state index contributed by atoms with van der Waals surface area (Å²) in [6.45, 7) is 4.38. The maximum Gasteiger partial charge on any atom is 0.0506 e. The van der Waals surface area contributed by atoms with Crippen LogP contribution in [-0.2, 0) is 4.74 Å². The molecule has 1 saturated carbocycles. The number of hydrogen-bond donors (Lipinski definition) is 1. The van der Waals surface area contributed by atoms with Crippen LogP contribution in [0.25, 0.3) is 0 Å². The SMILES string of the molecule is CN(CC1CCCOC1)CC1(CS)CCCCC1. The van der Waals surface area contributed by atoms with Crippen molar-refractivity contribution in [2.45, 2.75) is 44.9 Å². The van der Waals surface area contributed by atoms with E-state index in [2.05, 4.69) is 24.6 Å². The maximum absolute atomic E-state index is 5.58. The van der Waals surface area contributed by atoms with Crippen molar-refractivity contribution >= 4 is 12.6 Å². The van der Waals surface area contributed by atoms with Crippen LogP contribution in [-0.4, -0.2) is 44.0 Å². The molecule has 1 aliphatic heterocycles. The Labute approximate surface area is 118 Å². The molecule has 2 nitrogen and oxygen atoms in total. The zero-order chi connectivity index (χ0) is 12.8. The molecule has 0 aromatic rings. The molecule has 0 radical (unpaired) electrons. The van der Waals surface area contributed by atoms with Crippen molar-refractivity contribution in [1.29, 1.82) is 0 Å². The van der Waals surface area contributed by atoms with Crippen LogP contribution in [0.15, 0.2) is 0 Å². The summed E-state index contributed by atoms with van der Waals surface area (Å²) in [7, 11) is 2.29. The van der Waals surface area contributed by atoms with E-state index in [1.807, 2.05) is 0 Å². The molecule has 2 rings (SSSR count). The fourth-order valence-corrected chi connectivity index (χ4v) is 4.11. The molecular formula is C15H29NOS. The van der Waals surface area contributed by atoms with E-state index in [4.69, 9.17) is 4.74 Å². The number of rotatable bonds is 5. The van der Waals surface area contributed by atoms with Gasteiger partial charge < -0.3 is 9.64 Å². The molecule has 1 heterocycles. The molecule has 18 heavy (non-hydrogen) atoms. The highest BCUT2D eigenvalue weighted by Crippen LogP contribution is 2.38. The summed E-state index contributed by atoms with van der Waals surface area (Å²) >= 11 is 4.64. The predicted octanol–water partition coefficient (Wildman–Crippen LogP) is 3.23. The first kappa shape index (κ1) is 14.7. The van der Waals surface area contributed by atoms with Gasteiger partial charge in [0.25, 0.3) is 0 Å². The Hall–Kier alpha value is 0.270. The first-order valence-corrected chi connectivity index (χ1v) is 8.24. The Morgan fingerprint density at radius 2 is 2.00 bits per heavy atom. The van der Waals surface area contributed by atoms with E-state index in [-0.39, 0.29) is 0 Å². The molecule has 0 aromatic heterocycles. The van der Waals surface area contributed by atoms with Crippen LogP contribution in [0.3, 0.4) is 0 Å². The average molecular weight is 271 g/mol. The highest BCUT2D eigenvalue weighted by Gasteiger charge is 2.32. The van der Waals surface area contributed by atoms with Crippen LogP contribution in [0, 0.1) is 11.3 Å². The Morgan fingerprint density at radius 3 is 2.61 bits per heavy atom. The van der Waals surface area contributed by atoms with Gasteiger partial charge in [-0.05, 0) is 49.8 Å². The number of hydrogen-bond acceptors (Lipinski definition) is 3. The summed E-state index contributed by atoms with van der Waals surface area (Å²) in [6, 6.07) is 0. The van der Waals surface area contributed by atoms with Crippen molar-refractivity contribution in [2.24, 2.45) is 11.3 Å². The number of thiol groups is 1. The topological polar surface area (TPSA) is 12.5 Å². The second-order valence-corrected chi connectivity index (χ2v) is 6.81. The predicted molar refractivity (Wildman–Crippen MR) is 80.4 cm³/mol. The van der Waals surface area contributed by atoms with E-state index in [0.717, 1.165) is 24.9 Å². The second kappa shape index (κ2) is 7.16. The van der Waals surface area contributed by atoms with Crippen molar-refractivity contribution < 1.29 is 4.74 Å². The fraction of sp³-hybridized carbons (Fsp3) is 1.00. The highest BCUT2D eigenvalue weighted by atomic mass is 32.1. The molecule has 3 heteroatoms. The van der Waals surface area contributed by atoms with Gasteiger partial charge in [0.05, 0.1) is 6.61 Å². The monoisotopic (exact) mass is 271 g/mol. The van der Waals surface area contributed by atoms with Gasteiger partial charge in [0.2, 0.25) is 0 Å². The maximum atomic E-state index is 5.58. The molecule has 0 N–H and O–H groups in total. The first-order chi connectivity index (χ1) is 8.74. The molecule has 0 aromatic carbocycles. The van der Waals surface area contributed by atoms with Crippen molar-refractivity contribution in [3.05, 3.63) is 0 Å². The van der Waals surface area contributed by atoms with Gasteiger partial charge in [0.1, 0.15) is 0 Å². The van der Waals surface area contributed by atoms with Gasteiger partial charge >= 0.3 is 0 Å². The standard InChI is InChI=1S/C15H29NOS/c1-16(10-14-6-5-9-17-11-14)12-15(13-18)7-3-2-4-8-15/h14,18H,2-13H2,1H3. The molecule has 1 saturated heterocycles. The first-order valence-electron chi connectivity index (χ1n) is 7.61. The molecule has 1 unspecified atom stereocenters. The summed E-state index contributed by atoms with van der Waals surface area (Å²) in [5.74, 6) is 1.81. The van der Waals surface area contributed by atoms with Gasteiger partial charge in [-0.15, -0.1) is 0 Å². The van der Waals surface area contributed by atoms with Crippen LogP contribution < -0.4 is 0 Å². The minimum atomic E-state index is 0.492. The molecule has 2 aliphatic rings. The third-order valence-corrected chi connectivity index (χ3v) is 5.35. The average Bonchev–Trinajstić information content (AvgIpc) is 2.41. The highest BCUT2D eigenvalue weighted by molar-refractivity contribution is 7.80. The van der Waals surface area contributed by atoms with Gasteiger partial charge in [0.15, 0.2) is 0 Å². The summed E-state index contributed by atoms with van der Waals surface area (Å²) in [6.07, 6.45) is 9.58. The van der Waals surface area contributed by atoms with Crippen molar-refractivity contribution in [3.63, 3.8) is 0 Å². The van der Waals surface area contributed by atoms with Gasteiger partial charge in [0, 0.05) is 19.7 Å². The summed E-state index contributed by atoms with van der Waals surface area (Å²) in [5, 5.41) is 0. The molecule has 0 amide bonds. The third-order valence-electron chi connectivity index (χ3n) is 4.68. The number of ether oxygens (including phenoxy) is 1. The van der Waals surface area contributed by atoms with Crippen LogP contribution in [0.5, 0.6) is 0 Å². The van der Waals surface area contributed by atoms with E-state index in [1.165, 1.54) is 58.0 Å². The lowest BCUT2D eigenvalue weighted by Crippen LogP contribution is -2.41. The van der Waals surface area contributed by atoms with E-state index in [1.54, 1.807) is 0 Å². The van der Waals surface area contributed by atoms with Crippen molar-refractivity contribution in [1.82, 2.24) is 4.90 Å².